The van der Waals surface area contributed by atoms with Crippen LogP contribution in [0.15, 0.2) is 67.0 Å². The van der Waals surface area contributed by atoms with Gasteiger partial charge in [0.2, 0.25) is 0 Å². The van der Waals surface area contributed by atoms with E-state index in [-0.39, 0.29) is 112 Å². The standard InChI is InChI=1S/C25H20O12.2Na/c26-12(10-34-16-3-1-5-18-22(16)14(28)8-20(36-18)24(30)31)7-13(27)11-35-17-4-2-6-19-23(17)15(29)9-21(37-19)25(32)33;;/h1-6,8-9,12-13,26-27H,7,10-11H2,(H,30,31)(H,32,33);;/q;2*+1/p-2/t12-,13+;;. The van der Waals surface area contributed by atoms with Gasteiger partial charge in [-0.25, -0.2) is 0 Å². The molecular weight excluding hydrogens is 538 g/mol. The van der Waals surface area contributed by atoms with Gasteiger partial charge in [-0.15, -0.1) is 0 Å². The van der Waals surface area contributed by atoms with Crippen LogP contribution in [0, 0.1) is 0 Å². The van der Waals surface area contributed by atoms with Crippen LogP contribution >= 0.6 is 0 Å². The van der Waals surface area contributed by atoms with E-state index < -0.39 is 46.5 Å². The average molecular weight is 556 g/mol. The van der Waals surface area contributed by atoms with E-state index in [1.807, 2.05) is 0 Å². The zero-order valence-electron chi connectivity index (χ0n) is 20.9. The van der Waals surface area contributed by atoms with Crippen LogP contribution in [0.1, 0.15) is 27.5 Å². The van der Waals surface area contributed by atoms with E-state index in [0.717, 1.165) is 12.1 Å². The van der Waals surface area contributed by atoms with Crippen LogP contribution in [0.25, 0.3) is 21.9 Å². The minimum absolute atomic E-state index is 0. The molecule has 14 heteroatoms. The fourth-order valence-electron chi connectivity index (χ4n) is 3.62. The second-order valence-corrected chi connectivity index (χ2v) is 7.95. The topological polar surface area (TPSA) is 200 Å². The van der Waals surface area contributed by atoms with Gasteiger partial charge in [0, 0.05) is 18.6 Å². The number of carboxylic acid groups (broad SMARTS) is 2. The molecule has 192 valence electrons. The molecule has 0 fully saturated rings. The van der Waals surface area contributed by atoms with Crippen LogP contribution in [-0.4, -0.2) is 47.6 Å². The van der Waals surface area contributed by atoms with Crippen molar-refractivity contribution in [2.24, 2.45) is 0 Å². The number of carbonyl (C=O) groups excluding carboxylic acids is 2. The molecule has 2 N–H and O–H groups in total. The van der Waals surface area contributed by atoms with Crippen LogP contribution in [0.5, 0.6) is 11.5 Å². The molecule has 2 aromatic carbocycles. The first-order chi connectivity index (χ1) is 17.6. The molecule has 4 rings (SSSR count). The van der Waals surface area contributed by atoms with Gasteiger partial charge in [-0.2, -0.15) is 0 Å². The van der Waals surface area contributed by atoms with E-state index in [1.54, 1.807) is 0 Å². The number of carbonyl (C=O) groups is 2. The third-order valence-electron chi connectivity index (χ3n) is 5.24. The van der Waals surface area contributed by atoms with Crippen LogP contribution in [0.3, 0.4) is 0 Å². The average Bonchev–Trinajstić information content (AvgIpc) is 2.85. The van der Waals surface area contributed by atoms with E-state index >= 15 is 0 Å². The Hall–Kier alpha value is -2.68. The van der Waals surface area contributed by atoms with Gasteiger partial charge in [0.1, 0.15) is 58.6 Å². The molecule has 0 bridgehead atoms. The predicted octanol–water partition coefficient (Wildman–Crippen LogP) is -6.80. The molecule has 12 nitrogen and oxygen atoms in total. The summed E-state index contributed by atoms with van der Waals surface area (Å²) in [6.45, 7) is -0.663. The molecule has 0 radical (unpaired) electrons. The Morgan fingerprint density at radius 3 is 1.49 bits per heavy atom. The number of aliphatic hydroxyl groups excluding tert-OH is 2. The predicted molar refractivity (Wildman–Crippen MR) is 121 cm³/mol. The Bertz CT molecular complexity index is 1490. The summed E-state index contributed by atoms with van der Waals surface area (Å²) in [5.41, 5.74) is -1.44. The summed E-state index contributed by atoms with van der Waals surface area (Å²) in [7, 11) is 0. The number of hydrogen-bond acceptors (Lipinski definition) is 12. The van der Waals surface area contributed by atoms with Crippen molar-refractivity contribution in [1.82, 2.24) is 0 Å². The van der Waals surface area contributed by atoms with Gasteiger partial charge in [-0.1, -0.05) is 12.1 Å². The Balaban J connectivity index is 0.00000267. The number of ether oxygens (including phenoxy) is 2. The van der Waals surface area contributed by atoms with Crippen molar-refractivity contribution in [3.05, 3.63) is 80.5 Å². The van der Waals surface area contributed by atoms with Gasteiger partial charge in [0.05, 0.1) is 12.2 Å². The van der Waals surface area contributed by atoms with Crippen molar-refractivity contribution < 1.29 is 107 Å². The minimum atomic E-state index is -1.65. The summed E-state index contributed by atoms with van der Waals surface area (Å²) in [5.74, 6) is -4.49. The third kappa shape index (κ3) is 7.71. The monoisotopic (exact) mass is 556 g/mol. The molecule has 0 spiro atoms. The molecule has 2 aromatic heterocycles. The van der Waals surface area contributed by atoms with Crippen LogP contribution in [-0.2, 0) is 0 Å². The van der Waals surface area contributed by atoms with Crippen molar-refractivity contribution in [3.63, 3.8) is 0 Å². The van der Waals surface area contributed by atoms with Crippen molar-refractivity contribution in [1.29, 1.82) is 0 Å². The Labute approximate surface area is 263 Å². The van der Waals surface area contributed by atoms with Crippen molar-refractivity contribution in [3.8, 4) is 11.5 Å². The number of aromatic carboxylic acids is 2. The molecule has 4 aromatic rings. The Morgan fingerprint density at radius 1 is 0.744 bits per heavy atom. The maximum atomic E-state index is 12.3. The van der Waals surface area contributed by atoms with Crippen molar-refractivity contribution in [2.75, 3.05) is 13.2 Å². The summed E-state index contributed by atoms with van der Waals surface area (Å²) in [5, 5.41) is 42.5. The summed E-state index contributed by atoms with van der Waals surface area (Å²) in [6.07, 6.45) is -2.61. The molecule has 0 aliphatic heterocycles. The maximum absolute atomic E-state index is 12.3. The van der Waals surface area contributed by atoms with Crippen molar-refractivity contribution >= 4 is 33.9 Å². The van der Waals surface area contributed by atoms with Crippen LogP contribution < -0.4 is 89.7 Å². The smallest absolute Gasteiger partial charge is 0.542 e. The van der Waals surface area contributed by atoms with E-state index in [4.69, 9.17) is 18.3 Å². The van der Waals surface area contributed by atoms with Crippen molar-refractivity contribution in [2.45, 2.75) is 18.6 Å². The van der Waals surface area contributed by atoms with Crippen LogP contribution in [0.2, 0.25) is 0 Å². The molecule has 0 saturated carbocycles. The SMILES string of the molecule is O=C([O-])c1cc(=O)c2c(OC[C@@H](O)C[C@@H](O)COc3cccc4oc(C(=O)[O-])cc(=O)c34)cccc2o1.[Na+].[Na+]. The molecule has 0 aliphatic carbocycles. The first-order valence-corrected chi connectivity index (χ1v) is 10.8. The van der Waals surface area contributed by atoms with Crippen LogP contribution in [0.4, 0.5) is 0 Å². The number of benzene rings is 2. The second-order valence-electron chi connectivity index (χ2n) is 7.95. The molecule has 2 heterocycles. The normalized spacial score (nSPS) is 12.2. The first kappa shape index (κ1) is 32.5. The summed E-state index contributed by atoms with van der Waals surface area (Å²) in [6, 6.07) is 10.1. The molecule has 0 aliphatic rings. The number of carboxylic acids is 2. The fourth-order valence-corrected chi connectivity index (χ4v) is 3.62. The molecular formula is C25H18Na2O12. The molecule has 39 heavy (non-hydrogen) atoms. The number of hydrogen-bond donors (Lipinski definition) is 2. The molecule has 0 saturated heterocycles. The summed E-state index contributed by atoms with van der Waals surface area (Å²) >= 11 is 0. The molecule has 2 atom stereocenters. The Morgan fingerprint density at radius 2 is 1.13 bits per heavy atom. The molecule has 0 amide bonds. The maximum Gasteiger partial charge on any atom is 1.00 e. The van der Waals surface area contributed by atoms with Gasteiger partial charge in [-0.05, 0) is 24.3 Å². The van der Waals surface area contributed by atoms with Gasteiger partial charge < -0.3 is 48.3 Å². The zero-order chi connectivity index (χ0) is 26.7. The third-order valence-corrected chi connectivity index (χ3v) is 5.24. The summed E-state index contributed by atoms with van der Waals surface area (Å²) < 4.78 is 21.2. The van der Waals surface area contributed by atoms with E-state index in [2.05, 4.69) is 0 Å². The van der Waals surface area contributed by atoms with Gasteiger partial charge in [0.25, 0.3) is 0 Å². The first-order valence-electron chi connectivity index (χ1n) is 10.8. The van der Waals surface area contributed by atoms with E-state index in [1.165, 1.54) is 36.4 Å². The van der Waals surface area contributed by atoms with Gasteiger partial charge in [-0.3, -0.25) is 9.59 Å². The van der Waals surface area contributed by atoms with Gasteiger partial charge in [0.15, 0.2) is 22.4 Å². The largest absolute Gasteiger partial charge is 1.00 e. The second kappa shape index (κ2) is 14.1. The number of fused-ring (bicyclic) bond motifs is 2. The quantitative estimate of drug-likeness (QED) is 0.175. The zero-order valence-corrected chi connectivity index (χ0v) is 24.9. The minimum Gasteiger partial charge on any atom is -0.542 e. The number of aliphatic hydroxyl groups is 2. The number of rotatable bonds is 10. The Kier molecular flexibility index (Phi) is 11.8. The molecule has 0 unspecified atom stereocenters. The fraction of sp³-hybridized carbons (Fsp3) is 0.200. The van der Waals surface area contributed by atoms with Gasteiger partial charge >= 0.3 is 59.1 Å². The summed E-state index contributed by atoms with van der Waals surface area (Å²) in [4.78, 5) is 46.6. The van der Waals surface area contributed by atoms with E-state index in [0.29, 0.717) is 0 Å². The van der Waals surface area contributed by atoms with E-state index in [9.17, 15) is 39.6 Å².